The predicted molar refractivity (Wildman–Crippen MR) is 239 cm³/mol. The minimum Gasteiger partial charge on any atom is -0.496 e. The molecular formula is C49H65N5O9. The number of hydrogen-bond donors (Lipinski definition) is 3. The molecule has 4 aliphatic heterocycles. The molecule has 2 fully saturated rings. The van der Waals surface area contributed by atoms with Crippen molar-refractivity contribution in [3.63, 3.8) is 0 Å². The Morgan fingerprint density at radius 3 is 2.43 bits per heavy atom. The zero-order valence-corrected chi connectivity index (χ0v) is 38.6. The average molecular weight is 868 g/mol. The molecule has 2 bridgehead atoms. The third kappa shape index (κ3) is 7.38. The number of aromatic amines is 1. The fourth-order valence-corrected chi connectivity index (χ4v) is 12.3. The Morgan fingerprint density at radius 1 is 1.06 bits per heavy atom. The number of benzene rings is 2. The van der Waals surface area contributed by atoms with E-state index in [9.17, 15) is 25.1 Å². The second-order valence-corrected chi connectivity index (χ2v) is 19.1. The molecule has 0 radical (unpaired) electrons. The van der Waals surface area contributed by atoms with E-state index in [1.165, 1.54) is 28.1 Å². The van der Waals surface area contributed by atoms with Gasteiger partial charge in [0, 0.05) is 98.0 Å². The lowest BCUT2D eigenvalue weighted by Gasteiger charge is -2.55. The number of anilines is 1. The van der Waals surface area contributed by atoms with Crippen LogP contribution in [0, 0.1) is 22.7 Å². The van der Waals surface area contributed by atoms with Crippen molar-refractivity contribution in [3.05, 3.63) is 70.4 Å². The number of methoxy groups -OCH3 is 3. The molecule has 4 aliphatic rings. The highest BCUT2D eigenvalue weighted by Crippen LogP contribution is 2.58. The van der Waals surface area contributed by atoms with E-state index in [0.29, 0.717) is 87.4 Å². The van der Waals surface area contributed by atoms with Gasteiger partial charge in [0.05, 0.1) is 38.6 Å². The fourth-order valence-electron chi connectivity index (χ4n) is 12.3. The summed E-state index contributed by atoms with van der Waals surface area (Å²) in [6.07, 6.45) is 5.58. The summed E-state index contributed by atoms with van der Waals surface area (Å²) in [5.74, 6) is -1.71. The van der Waals surface area contributed by atoms with Crippen LogP contribution in [0.4, 0.5) is 5.69 Å². The summed E-state index contributed by atoms with van der Waals surface area (Å²) in [5, 5.41) is 35.0. The monoisotopic (exact) mass is 867 g/mol. The zero-order valence-electron chi connectivity index (χ0n) is 38.6. The van der Waals surface area contributed by atoms with E-state index < -0.39 is 57.5 Å². The second-order valence-electron chi connectivity index (χ2n) is 19.1. The number of piperidine rings is 1. The van der Waals surface area contributed by atoms with Gasteiger partial charge in [0.15, 0.2) is 11.7 Å². The van der Waals surface area contributed by atoms with Crippen LogP contribution < -0.4 is 9.64 Å². The first-order valence-electron chi connectivity index (χ1n) is 22.2. The van der Waals surface area contributed by atoms with E-state index in [1.807, 2.05) is 63.2 Å². The smallest absolute Gasteiger partial charge is 0.341 e. The first-order valence-corrected chi connectivity index (χ1v) is 22.2. The van der Waals surface area contributed by atoms with Crippen molar-refractivity contribution in [1.29, 1.82) is 5.26 Å². The molecule has 0 saturated carbocycles. The average Bonchev–Trinajstić information content (AvgIpc) is 3.83. The number of ether oxygens (including phenoxy) is 4. The highest BCUT2D eigenvalue weighted by atomic mass is 16.6. The molecule has 14 nitrogen and oxygen atoms in total. The lowest BCUT2D eigenvalue weighted by atomic mass is 9.57. The molecule has 5 heterocycles. The van der Waals surface area contributed by atoms with Crippen LogP contribution in [-0.2, 0) is 45.8 Å². The molecule has 340 valence electrons. The minimum atomic E-state index is -2.22. The highest BCUT2D eigenvalue weighted by molar-refractivity contribution is 5.94. The number of rotatable bonds is 11. The largest absolute Gasteiger partial charge is 0.496 e. The number of carbonyl (C=O) groups is 3. The van der Waals surface area contributed by atoms with Gasteiger partial charge >= 0.3 is 17.9 Å². The van der Waals surface area contributed by atoms with Crippen molar-refractivity contribution in [2.24, 2.45) is 11.3 Å². The summed E-state index contributed by atoms with van der Waals surface area (Å²) in [6, 6.07) is 11.5. The molecule has 3 aromatic rings. The first-order chi connectivity index (χ1) is 29.8. The fraction of sp³-hybridized carbons (Fsp3) is 0.592. The van der Waals surface area contributed by atoms with Crippen LogP contribution in [-0.4, -0.2) is 134 Å². The Morgan fingerprint density at radius 2 is 1.81 bits per heavy atom. The Hall–Kier alpha value is -4.94. The zero-order chi connectivity index (χ0) is 45.9. The van der Waals surface area contributed by atoms with Crippen molar-refractivity contribution in [2.45, 2.75) is 107 Å². The van der Waals surface area contributed by atoms with Gasteiger partial charge < -0.3 is 39.0 Å². The number of hydrogen-bond acceptors (Lipinski definition) is 13. The Bertz CT molecular complexity index is 2350. The standard InChI is InChI=1S/C49H65N5O9/c1-11-47(59)25-32-26-49(44(57)62-10,40-33(16-20-53(28-32)29-47)34-22-31(27-50)14-15-37(34)51-40)36-23-35(38(52(6)7)24-39(36)60-8)45(4)18-21-54-19-13-17-48(12-2,41(45)54)42(63-30(3)55)46(5,58)43(56)61-9/h13-15,17,22-24,32,41-42,51,58-59H,11-12,16,18-21,25-26,28-29H2,1-10H3/t32-,41?,42-,45-,46?,47-,48+,49-/m0/s1. The number of esters is 3. The molecule has 2 aromatic carbocycles. The number of nitrogens with one attached hydrogen (secondary N) is 1. The van der Waals surface area contributed by atoms with E-state index in [1.54, 1.807) is 13.2 Å². The molecule has 14 heteroatoms. The lowest BCUT2D eigenvalue weighted by molar-refractivity contribution is -0.200. The minimum absolute atomic E-state index is 0.143. The maximum Gasteiger partial charge on any atom is 0.341 e. The van der Waals surface area contributed by atoms with E-state index in [4.69, 9.17) is 18.9 Å². The van der Waals surface area contributed by atoms with Gasteiger partial charge in [-0.2, -0.15) is 5.26 Å². The summed E-state index contributed by atoms with van der Waals surface area (Å²) >= 11 is 0. The number of carbonyl (C=O) groups excluding carboxylic acids is 3. The molecule has 1 aromatic heterocycles. The van der Waals surface area contributed by atoms with E-state index in [0.717, 1.165) is 27.7 Å². The number of H-pyrrole nitrogens is 1. The third-order valence-corrected chi connectivity index (χ3v) is 15.2. The van der Waals surface area contributed by atoms with Gasteiger partial charge in [0.2, 0.25) is 0 Å². The van der Waals surface area contributed by atoms with Crippen LogP contribution in [0.15, 0.2) is 42.5 Å². The van der Waals surface area contributed by atoms with Crippen molar-refractivity contribution in [3.8, 4) is 11.8 Å². The number of nitriles is 1. The molecule has 0 amide bonds. The molecule has 3 unspecified atom stereocenters. The second kappa shape index (κ2) is 16.9. The Labute approximate surface area is 371 Å². The topological polar surface area (TPSA) is 178 Å². The van der Waals surface area contributed by atoms with E-state index >= 15 is 4.79 Å². The van der Waals surface area contributed by atoms with Crippen LogP contribution in [0.25, 0.3) is 10.9 Å². The number of nitrogens with zero attached hydrogens (tertiary/aromatic N) is 4. The van der Waals surface area contributed by atoms with E-state index in [-0.39, 0.29) is 12.3 Å². The number of aromatic nitrogens is 1. The normalized spacial score (nSPS) is 30.6. The van der Waals surface area contributed by atoms with Crippen molar-refractivity contribution in [2.75, 3.05) is 73.0 Å². The molecule has 2 saturated heterocycles. The summed E-state index contributed by atoms with van der Waals surface area (Å²) in [7, 11) is 8.15. The van der Waals surface area contributed by atoms with Crippen LogP contribution >= 0.6 is 0 Å². The number of fused-ring (bicyclic) bond motifs is 6. The van der Waals surface area contributed by atoms with Gasteiger partial charge in [-0.15, -0.1) is 0 Å². The predicted octanol–water partition coefficient (Wildman–Crippen LogP) is 5.14. The molecule has 0 aliphatic carbocycles. The van der Waals surface area contributed by atoms with Crippen molar-refractivity contribution >= 4 is 34.5 Å². The Kier molecular flexibility index (Phi) is 12.3. The van der Waals surface area contributed by atoms with Gasteiger partial charge in [0.25, 0.3) is 0 Å². The van der Waals surface area contributed by atoms with Crippen molar-refractivity contribution in [1.82, 2.24) is 14.8 Å². The highest BCUT2D eigenvalue weighted by Gasteiger charge is 2.65. The van der Waals surface area contributed by atoms with Crippen LogP contribution in [0.3, 0.4) is 0 Å². The Balaban J connectivity index is 1.56. The maximum atomic E-state index is 15.4. The van der Waals surface area contributed by atoms with Gasteiger partial charge in [-0.1, -0.05) is 32.9 Å². The first kappa shape index (κ1) is 46.1. The third-order valence-electron chi connectivity index (χ3n) is 15.2. The maximum absolute atomic E-state index is 15.4. The summed E-state index contributed by atoms with van der Waals surface area (Å²) in [6.45, 7) is 11.8. The van der Waals surface area contributed by atoms with Crippen molar-refractivity contribution < 1.29 is 43.5 Å². The van der Waals surface area contributed by atoms with Gasteiger partial charge in [-0.05, 0) is 93.3 Å². The summed E-state index contributed by atoms with van der Waals surface area (Å²) in [4.78, 5) is 52.2. The molecule has 9 atom stereocenters. The lowest BCUT2D eigenvalue weighted by Crippen LogP contribution is -2.66. The van der Waals surface area contributed by atoms with Crippen LogP contribution in [0.5, 0.6) is 5.75 Å². The van der Waals surface area contributed by atoms with Gasteiger partial charge in [-0.25, -0.2) is 4.79 Å². The number of aliphatic hydroxyl groups is 2. The van der Waals surface area contributed by atoms with Crippen LogP contribution in [0.1, 0.15) is 94.7 Å². The summed E-state index contributed by atoms with van der Waals surface area (Å²) in [5.41, 5.74) is -1.37. The molecule has 3 N–H and O–H groups in total. The molecule has 0 spiro atoms. The van der Waals surface area contributed by atoms with E-state index in [2.05, 4.69) is 33.8 Å². The SMILES string of the molecule is CC[C@]1(O)C[C@@H]2CN(CCc3c([nH]c4ccc(C#N)cc34)[C@@](C(=O)OC)(c3cc([C@]4(C)CCN5CC=C[C@@](CC)([C@@H](OC(C)=O)C(C)(O)C(=O)OC)C54)c(N(C)C)cc3OC)C2)C1. The van der Waals surface area contributed by atoms with Gasteiger partial charge in [0.1, 0.15) is 11.2 Å². The van der Waals surface area contributed by atoms with Gasteiger partial charge in [-0.3, -0.25) is 19.4 Å². The summed E-state index contributed by atoms with van der Waals surface area (Å²) < 4.78 is 23.5. The van der Waals surface area contributed by atoms with Crippen LogP contribution in [0.2, 0.25) is 0 Å². The molecular weight excluding hydrogens is 803 g/mol. The molecule has 7 rings (SSSR count). The quantitative estimate of drug-likeness (QED) is 0.131. The molecule has 63 heavy (non-hydrogen) atoms.